The van der Waals surface area contributed by atoms with Crippen molar-refractivity contribution in [3.05, 3.63) is 95.8 Å². The predicted octanol–water partition coefficient (Wildman–Crippen LogP) is 2.79. The van der Waals surface area contributed by atoms with E-state index in [4.69, 9.17) is 0 Å². The Morgan fingerprint density at radius 3 is 2.28 bits per heavy atom. The molecule has 0 saturated carbocycles. The van der Waals surface area contributed by atoms with E-state index in [1.165, 1.54) is 16.6 Å². The first-order valence-corrected chi connectivity index (χ1v) is 11.1. The van der Waals surface area contributed by atoms with E-state index in [0.717, 1.165) is 50.5 Å². The van der Waals surface area contributed by atoms with Crippen LogP contribution in [0.4, 0.5) is 5.69 Å². The Kier molecular flexibility index (Phi) is 5.71. The number of hydrogen-bond acceptors (Lipinski definition) is 4. The van der Waals surface area contributed by atoms with E-state index < -0.39 is 0 Å². The highest BCUT2D eigenvalue weighted by Gasteiger charge is 2.20. The van der Waals surface area contributed by atoms with Crippen molar-refractivity contribution in [1.29, 1.82) is 0 Å². The Morgan fingerprint density at radius 1 is 0.844 bits per heavy atom. The molecule has 0 unspecified atom stereocenters. The SMILES string of the molecule is [NH3+]C(=O)c1ccc(Cn2ccc3c(N4CCN(Cc5ccccc5)CC4)ccnc32)cc1. The van der Waals surface area contributed by atoms with E-state index in [0.29, 0.717) is 5.56 Å². The highest BCUT2D eigenvalue weighted by molar-refractivity contribution is 5.90. The number of nitrogens with zero attached hydrogens (tertiary/aromatic N) is 4. The van der Waals surface area contributed by atoms with Crippen molar-refractivity contribution in [2.45, 2.75) is 13.1 Å². The first-order chi connectivity index (χ1) is 15.7. The van der Waals surface area contributed by atoms with E-state index >= 15 is 0 Å². The maximum absolute atomic E-state index is 11.4. The van der Waals surface area contributed by atoms with Crippen molar-refractivity contribution < 1.29 is 10.5 Å². The van der Waals surface area contributed by atoms with Crippen LogP contribution < -0.4 is 10.6 Å². The summed E-state index contributed by atoms with van der Waals surface area (Å²) in [4.78, 5) is 21.1. The van der Waals surface area contributed by atoms with Crippen LogP contribution in [0.15, 0.2) is 79.1 Å². The summed E-state index contributed by atoms with van der Waals surface area (Å²) in [6.45, 7) is 5.86. The molecule has 1 fully saturated rings. The molecule has 32 heavy (non-hydrogen) atoms. The van der Waals surface area contributed by atoms with Gasteiger partial charge in [0.1, 0.15) is 5.65 Å². The van der Waals surface area contributed by atoms with Crippen molar-refractivity contribution in [2.75, 3.05) is 31.1 Å². The van der Waals surface area contributed by atoms with Crippen LogP contribution in [0.25, 0.3) is 11.0 Å². The molecule has 0 aliphatic carbocycles. The van der Waals surface area contributed by atoms with Gasteiger partial charge in [-0.15, -0.1) is 0 Å². The lowest BCUT2D eigenvalue weighted by molar-refractivity contribution is -0.255. The molecule has 1 aliphatic rings. The Morgan fingerprint density at radius 2 is 1.56 bits per heavy atom. The minimum atomic E-state index is -0.155. The molecule has 1 aliphatic heterocycles. The van der Waals surface area contributed by atoms with Gasteiger partial charge in [-0.3, -0.25) is 10.6 Å². The molecule has 6 nitrogen and oxygen atoms in total. The van der Waals surface area contributed by atoms with Crippen molar-refractivity contribution in [2.24, 2.45) is 0 Å². The summed E-state index contributed by atoms with van der Waals surface area (Å²) in [6.07, 6.45) is 4.02. The van der Waals surface area contributed by atoms with Gasteiger partial charge in [-0.2, -0.15) is 0 Å². The molecule has 2 aromatic carbocycles. The minimum Gasteiger partial charge on any atom is -0.368 e. The quantitative estimate of drug-likeness (QED) is 0.515. The van der Waals surface area contributed by atoms with Crippen LogP contribution in [0.2, 0.25) is 0 Å². The van der Waals surface area contributed by atoms with Gasteiger partial charge in [0.15, 0.2) is 0 Å². The predicted molar refractivity (Wildman–Crippen MR) is 126 cm³/mol. The Labute approximate surface area is 187 Å². The zero-order chi connectivity index (χ0) is 21.9. The summed E-state index contributed by atoms with van der Waals surface area (Å²) in [6, 6.07) is 22.6. The molecule has 0 spiro atoms. The molecule has 0 radical (unpaired) electrons. The fourth-order valence-electron chi connectivity index (χ4n) is 4.46. The third-order valence-corrected chi connectivity index (χ3v) is 6.23. The average molecular weight is 427 g/mol. The zero-order valence-electron chi connectivity index (χ0n) is 18.2. The third-order valence-electron chi connectivity index (χ3n) is 6.23. The first kappa shape index (κ1) is 20.4. The number of fused-ring (bicyclic) bond motifs is 1. The number of amides is 1. The van der Waals surface area contributed by atoms with E-state index in [-0.39, 0.29) is 5.91 Å². The van der Waals surface area contributed by atoms with E-state index in [2.05, 4.69) is 73.7 Å². The monoisotopic (exact) mass is 426 g/mol. The molecule has 3 N–H and O–H groups in total. The maximum atomic E-state index is 11.4. The van der Waals surface area contributed by atoms with Crippen LogP contribution in [0.5, 0.6) is 0 Å². The number of benzene rings is 2. The van der Waals surface area contributed by atoms with Crippen molar-refractivity contribution in [1.82, 2.24) is 14.5 Å². The topological polar surface area (TPSA) is 69.0 Å². The average Bonchev–Trinajstić information content (AvgIpc) is 3.23. The number of aromatic nitrogens is 2. The maximum Gasteiger partial charge on any atom is 0.340 e. The lowest BCUT2D eigenvalue weighted by Crippen LogP contribution is -2.56. The van der Waals surface area contributed by atoms with Crippen LogP contribution in [-0.4, -0.2) is 46.5 Å². The normalized spacial score (nSPS) is 14.7. The van der Waals surface area contributed by atoms with Gasteiger partial charge in [0.2, 0.25) is 0 Å². The molecule has 0 atom stereocenters. The molecule has 2 aromatic heterocycles. The van der Waals surface area contributed by atoms with Gasteiger partial charge in [0.25, 0.3) is 0 Å². The van der Waals surface area contributed by atoms with E-state index in [1.54, 1.807) is 0 Å². The van der Waals surface area contributed by atoms with Crippen molar-refractivity contribution >= 4 is 22.6 Å². The largest absolute Gasteiger partial charge is 0.368 e. The van der Waals surface area contributed by atoms with E-state index in [9.17, 15) is 4.79 Å². The molecule has 0 bridgehead atoms. The van der Waals surface area contributed by atoms with Crippen LogP contribution in [0.1, 0.15) is 21.5 Å². The number of carbonyl (C=O) groups excluding carboxylic acids is 1. The van der Waals surface area contributed by atoms with Gasteiger partial charge < -0.3 is 9.47 Å². The second-order valence-electron chi connectivity index (χ2n) is 8.38. The molecule has 1 amide bonds. The van der Waals surface area contributed by atoms with Crippen LogP contribution in [0.3, 0.4) is 0 Å². The summed E-state index contributed by atoms with van der Waals surface area (Å²) in [5, 5.41) is 1.19. The zero-order valence-corrected chi connectivity index (χ0v) is 18.2. The van der Waals surface area contributed by atoms with Crippen molar-refractivity contribution in [3.63, 3.8) is 0 Å². The number of carbonyl (C=O) groups is 1. The van der Waals surface area contributed by atoms with Gasteiger partial charge in [-0.1, -0.05) is 42.5 Å². The molecular weight excluding hydrogens is 398 g/mol. The number of anilines is 1. The van der Waals surface area contributed by atoms with Crippen LogP contribution >= 0.6 is 0 Å². The van der Waals surface area contributed by atoms with Crippen LogP contribution in [0, 0.1) is 0 Å². The molecule has 1 saturated heterocycles. The molecule has 6 heteroatoms. The van der Waals surface area contributed by atoms with Crippen molar-refractivity contribution in [3.8, 4) is 0 Å². The summed E-state index contributed by atoms with van der Waals surface area (Å²) in [5.41, 5.74) is 8.86. The molecule has 162 valence electrons. The Balaban J connectivity index is 1.29. The Bertz CT molecular complexity index is 1210. The van der Waals surface area contributed by atoms with Gasteiger partial charge in [0, 0.05) is 62.7 Å². The second kappa shape index (κ2) is 8.94. The minimum absolute atomic E-state index is 0.155. The number of quaternary nitrogens is 1. The van der Waals surface area contributed by atoms with E-state index in [1.807, 2.05) is 30.5 Å². The van der Waals surface area contributed by atoms with Gasteiger partial charge in [-0.25, -0.2) is 9.78 Å². The standard InChI is InChI=1S/C26H27N5O/c27-25(32)22-8-6-21(7-9-22)19-31-13-11-23-24(10-12-28-26(23)31)30-16-14-29(15-17-30)18-20-4-2-1-3-5-20/h1-13H,14-19H2,(H2,27,32)/p+1. The number of pyridine rings is 1. The smallest absolute Gasteiger partial charge is 0.340 e. The summed E-state index contributed by atoms with van der Waals surface area (Å²) in [5.74, 6) is -0.155. The number of hydrogen-bond donors (Lipinski definition) is 1. The molecule has 3 heterocycles. The fraction of sp³-hybridized carbons (Fsp3) is 0.231. The lowest BCUT2D eigenvalue weighted by Gasteiger charge is -2.36. The highest BCUT2D eigenvalue weighted by atomic mass is 16.1. The fourth-order valence-corrected chi connectivity index (χ4v) is 4.46. The second-order valence-corrected chi connectivity index (χ2v) is 8.38. The summed E-state index contributed by atoms with van der Waals surface area (Å²) < 4.78 is 2.17. The molecule has 4 aromatic rings. The number of piperazine rings is 1. The summed E-state index contributed by atoms with van der Waals surface area (Å²) in [7, 11) is 0. The van der Waals surface area contributed by atoms with Gasteiger partial charge in [-0.05, 0) is 35.4 Å². The van der Waals surface area contributed by atoms with Gasteiger partial charge in [0.05, 0.1) is 5.56 Å². The third kappa shape index (κ3) is 4.28. The molecular formula is C26H28N5O+. The van der Waals surface area contributed by atoms with Gasteiger partial charge >= 0.3 is 5.91 Å². The Hall–Kier alpha value is -3.48. The summed E-state index contributed by atoms with van der Waals surface area (Å²) >= 11 is 0. The lowest BCUT2D eigenvalue weighted by atomic mass is 10.1. The molecule has 5 rings (SSSR count). The first-order valence-electron chi connectivity index (χ1n) is 11.1. The van der Waals surface area contributed by atoms with Crippen LogP contribution in [-0.2, 0) is 13.1 Å². The number of rotatable bonds is 6. The highest BCUT2D eigenvalue weighted by Crippen LogP contribution is 2.28.